The summed E-state index contributed by atoms with van der Waals surface area (Å²) in [5.74, 6) is 0.153. The summed E-state index contributed by atoms with van der Waals surface area (Å²) in [4.78, 5) is 10.1. The first kappa shape index (κ1) is 15.9. The third kappa shape index (κ3) is 3.58. The zero-order valence-corrected chi connectivity index (χ0v) is 12.7. The summed E-state index contributed by atoms with van der Waals surface area (Å²) in [5.41, 5.74) is 0.738. The van der Waals surface area contributed by atoms with Gasteiger partial charge in [-0.3, -0.25) is 10.1 Å². The van der Waals surface area contributed by atoms with Gasteiger partial charge in [-0.1, -0.05) is 0 Å². The molecule has 1 aromatic carbocycles. The molecule has 0 heterocycles. The molecular formula is C13H18N2O5S. The van der Waals surface area contributed by atoms with Gasteiger partial charge >= 0.3 is 0 Å². The molecule has 1 unspecified atom stereocenters. The predicted octanol–water partition coefficient (Wildman–Crippen LogP) is 1.26. The minimum Gasteiger partial charge on any atom is -0.391 e. The molecule has 2 rings (SSSR count). The second-order valence-electron chi connectivity index (χ2n) is 5.40. The predicted molar refractivity (Wildman–Crippen MR) is 76.5 cm³/mol. The van der Waals surface area contributed by atoms with Gasteiger partial charge < -0.3 is 5.11 Å². The van der Waals surface area contributed by atoms with Crippen LogP contribution in [-0.4, -0.2) is 31.1 Å². The zero-order chi connectivity index (χ0) is 15.8. The van der Waals surface area contributed by atoms with Crippen molar-refractivity contribution in [1.29, 1.82) is 0 Å². The van der Waals surface area contributed by atoms with E-state index in [1.807, 2.05) is 0 Å². The van der Waals surface area contributed by atoms with Crippen LogP contribution in [0.1, 0.15) is 24.0 Å². The van der Waals surface area contributed by atoms with Gasteiger partial charge in [-0.25, -0.2) is 13.1 Å². The van der Waals surface area contributed by atoms with E-state index in [1.165, 1.54) is 6.07 Å². The Morgan fingerprint density at radius 2 is 2.05 bits per heavy atom. The highest BCUT2D eigenvalue weighted by Gasteiger charge is 2.31. The fourth-order valence-electron chi connectivity index (χ4n) is 2.11. The van der Waals surface area contributed by atoms with Crippen molar-refractivity contribution < 1.29 is 18.4 Å². The van der Waals surface area contributed by atoms with E-state index in [1.54, 1.807) is 13.8 Å². The Morgan fingerprint density at radius 1 is 1.43 bits per heavy atom. The Balaban J connectivity index is 2.27. The Hall–Kier alpha value is -1.51. The lowest BCUT2D eigenvalue weighted by Crippen LogP contribution is -2.33. The molecule has 0 aliphatic heterocycles. The number of nitrogens with zero attached hydrogens (tertiary/aromatic N) is 1. The molecular weight excluding hydrogens is 296 g/mol. The lowest BCUT2D eigenvalue weighted by molar-refractivity contribution is -0.385. The Bertz CT molecular complexity index is 667. The van der Waals surface area contributed by atoms with Gasteiger partial charge in [0.05, 0.1) is 15.9 Å². The lowest BCUT2D eigenvalue weighted by Gasteiger charge is -2.13. The van der Waals surface area contributed by atoms with Crippen molar-refractivity contribution in [3.05, 3.63) is 33.4 Å². The molecule has 116 valence electrons. The van der Waals surface area contributed by atoms with Crippen molar-refractivity contribution in [3.8, 4) is 0 Å². The molecule has 1 fully saturated rings. The fourth-order valence-corrected chi connectivity index (χ4v) is 3.50. The molecule has 1 aliphatic rings. The summed E-state index contributed by atoms with van der Waals surface area (Å²) >= 11 is 0. The van der Waals surface area contributed by atoms with E-state index in [0.717, 1.165) is 18.9 Å². The van der Waals surface area contributed by atoms with Crippen LogP contribution in [0, 0.1) is 29.9 Å². The van der Waals surface area contributed by atoms with E-state index in [9.17, 15) is 23.6 Å². The van der Waals surface area contributed by atoms with Crippen molar-refractivity contribution in [1.82, 2.24) is 4.72 Å². The number of hydrogen-bond donors (Lipinski definition) is 2. The number of aliphatic hydroxyl groups excluding tert-OH is 1. The average molecular weight is 314 g/mol. The number of nitrogens with one attached hydrogen (secondary N) is 1. The average Bonchev–Trinajstić information content (AvgIpc) is 3.23. The van der Waals surface area contributed by atoms with Gasteiger partial charge in [0.2, 0.25) is 10.0 Å². The van der Waals surface area contributed by atoms with Crippen LogP contribution in [0.4, 0.5) is 5.69 Å². The molecule has 8 heteroatoms. The summed E-state index contributed by atoms with van der Waals surface area (Å²) in [6, 6.07) is 2.39. The van der Waals surface area contributed by atoms with E-state index < -0.39 is 21.1 Å². The van der Waals surface area contributed by atoms with Gasteiger partial charge in [0.1, 0.15) is 0 Å². The minimum atomic E-state index is -3.88. The number of non-ortho nitro benzene ring substituents is 1. The van der Waals surface area contributed by atoms with E-state index >= 15 is 0 Å². The summed E-state index contributed by atoms with van der Waals surface area (Å²) in [6.45, 7) is 3.15. The smallest absolute Gasteiger partial charge is 0.271 e. The topological polar surface area (TPSA) is 110 Å². The van der Waals surface area contributed by atoms with Crippen LogP contribution in [0.15, 0.2) is 17.0 Å². The van der Waals surface area contributed by atoms with E-state index in [2.05, 4.69) is 4.72 Å². The standard InChI is InChI=1S/C13H18N2O5S/c1-8-5-11(15(17)18)6-13(9(8)2)21(19,20)14-7-12(16)10-3-4-10/h5-6,10,12,14,16H,3-4,7H2,1-2H3. The van der Waals surface area contributed by atoms with E-state index in [4.69, 9.17) is 0 Å². The molecule has 1 atom stereocenters. The van der Waals surface area contributed by atoms with Crippen molar-refractivity contribution in [3.63, 3.8) is 0 Å². The molecule has 2 N–H and O–H groups in total. The lowest BCUT2D eigenvalue weighted by atomic mass is 10.1. The van der Waals surface area contributed by atoms with Crippen molar-refractivity contribution in [2.24, 2.45) is 5.92 Å². The van der Waals surface area contributed by atoms with E-state index in [0.29, 0.717) is 11.1 Å². The minimum absolute atomic E-state index is 0.0752. The fraction of sp³-hybridized carbons (Fsp3) is 0.538. The maximum absolute atomic E-state index is 12.3. The van der Waals surface area contributed by atoms with Crippen LogP contribution in [-0.2, 0) is 10.0 Å². The second kappa shape index (κ2) is 5.70. The first-order valence-electron chi connectivity index (χ1n) is 6.65. The Kier molecular flexibility index (Phi) is 4.31. The number of aliphatic hydroxyl groups is 1. The maximum Gasteiger partial charge on any atom is 0.271 e. The van der Waals surface area contributed by atoms with Crippen LogP contribution in [0.25, 0.3) is 0 Å². The van der Waals surface area contributed by atoms with Crippen LogP contribution < -0.4 is 4.72 Å². The Morgan fingerprint density at radius 3 is 2.57 bits per heavy atom. The monoisotopic (exact) mass is 314 g/mol. The van der Waals surface area contributed by atoms with Crippen molar-refractivity contribution >= 4 is 15.7 Å². The third-order valence-electron chi connectivity index (χ3n) is 3.75. The Labute approximate surface area is 123 Å². The molecule has 0 radical (unpaired) electrons. The summed E-state index contributed by atoms with van der Waals surface area (Å²) < 4.78 is 26.9. The molecule has 7 nitrogen and oxygen atoms in total. The molecule has 0 saturated heterocycles. The largest absolute Gasteiger partial charge is 0.391 e. The number of benzene rings is 1. The molecule has 1 aromatic rings. The molecule has 21 heavy (non-hydrogen) atoms. The first-order valence-corrected chi connectivity index (χ1v) is 8.14. The molecule has 0 spiro atoms. The molecule has 0 bridgehead atoms. The van der Waals surface area contributed by atoms with Gasteiger partial charge in [-0.15, -0.1) is 0 Å². The highest BCUT2D eigenvalue weighted by atomic mass is 32.2. The van der Waals surface area contributed by atoms with Crippen LogP contribution in [0.5, 0.6) is 0 Å². The SMILES string of the molecule is Cc1cc([N+](=O)[O-])cc(S(=O)(=O)NCC(O)C2CC2)c1C. The normalized spacial score (nSPS) is 16.7. The van der Waals surface area contributed by atoms with Crippen LogP contribution in [0.3, 0.4) is 0 Å². The molecule has 0 aromatic heterocycles. The molecule has 1 saturated carbocycles. The number of sulfonamides is 1. The quantitative estimate of drug-likeness (QED) is 0.607. The van der Waals surface area contributed by atoms with Gasteiger partial charge in [0.15, 0.2) is 0 Å². The number of aryl methyl sites for hydroxylation is 1. The van der Waals surface area contributed by atoms with Crippen LogP contribution >= 0.6 is 0 Å². The van der Waals surface area contributed by atoms with E-state index in [-0.39, 0.29) is 23.0 Å². The van der Waals surface area contributed by atoms with Gasteiger partial charge in [-0.2, -0.15) is 0 Å². The highest BCUT2D eigenvalue weighted by molar-refractivity contribution is 7.89. The number of hydrogen-bond acceptors (Lipinski definition) is 5. The van der Waals surface area contributed by atoms with Crippen LogP contribution in [0.2, 0.25) is 0 Å². The number of nitro groups is 1. The number of rotatable bonds is 6. The van der Waals surface area contributed by atoms with Crippen molar-refractivity contribution in [2.75, 3.05) is 6.54 Å². The summed E-state index contributed by atoms with van der Waals surface area (Å²) in [7, 11) is -3.88. The second-order valence-corrected chi connectivity index (χ2v) is 7.13. The molecule has 0 amide bonds. The van der Waals surface area contributed by atoms with Gasteiger partial charge in [0, 0.05) is 18.7 Å². The first-order chi connectivity index (χ1) is 9.72. The van der Waals surface area contributed by atoms with Gasteiger partial charge in [0.25, 0.3) is 5.69 Å². The molecule has 1 aliphatic carbocycles. The van der Waals surface area contributed by atoms with Gasteiger partial charge in [-0.05, 0) is 43.7 Å². The zero-order valence-electron chi connectivity index (χ0n) is 11.9. The summed E-state index contributed by atoms with van der Waals surface area (Å²) in [6.07, 6.45) is 1.09. The maximum atomic E-state index is 12.3. The van der Waals surface area contributed by atoms with Crippen molar-refractivity contribution in [2.45, 2.75) is 37.7 Å². The summed E-state index contributed by atoms with van der Waals surface area (Å²) in [5, 5.41) is 20.6. The number of nitro benzene ring substituents is 1. The third-order valence-corrected chi connectivity index (χ3v) is 5.30. The highest BCUT2D eigenvalue weighted by Crippen LogP contribution is 2.32.